The molecule has 7 rings (SSSR count). The second-order valence-electron chi connectivity index (χ2n) is 16.7. The Bertz CT molecular complexity index is 2230. The Morgan fingerprint density at radius 1 is 0.759 bits per heavy atom. The molecule has 2 aromatic carbocycles. The molecule has 2 fully saturated rings. The maximum absolute atomic E-state index is 13.8. The fraction of sp³-hybridized carbons (Fsp3) is 0.488. The number of ether oxygens (including phenoxy) is 2. The summed E-state index contributed by atoms with van der Waals surface area (Å²) in [6.07, 6.45) is 4.46. The van der Waals surface area contributed by atoms with Crippen LogP contribution in [0.3, 0.4) is 0 Å². The van der Waals surface area contributed by atoms with Crippen LogP contribution >= 0.6 is 0 Å². The Labute approximate surface area is 338 Å². The number of nitrogens with one attached hydrogen (secondary N) is 3. The van der Waals surface area contributed by atoms with Gasteiger partial charge in [0.25, 0.3) is 0 Å². The lowest BCUT2D eigenvalue weighted by Crippen LogP contribution is -2.53. The molecule has 3 aliphatic heterocycles. The molecule has 0 bridgehead atoms. The zero-order chi connectivity index (χ0) is 41.4. The summed E-state index contributed by atoms with van der Waals surface area (Å²) < 4.78 is 9.58. The molecule has 0 spiro atoms. The van der Waals surface area contributed by atoms with Crippen LogP contribution in [0.15, 0.2) is 53.8 Å². The second kappa shape index (κ2) is 16.5. The first-order valence-electron chi connectivity index (χ1n) is 20.1. The molecule has 3 N–H and O–H groups in total. The molecule has 0 radical (unpaired) electrons. The van der Waals surface area contributed by atoms with Gasteiger partial charge in [0.15, 0.2) is 0 Å². The average molecular weight is 792 g/mol. The fourth-order valence-corrected chi connectivity index (χ4v) is 8.44. The molecule has 0 saturated carbocycles. The summed E-state index contributed by atoms with van der Waals surface area (Å²) in [4.78, 5) is 78.3. The molecular weight excluding hydrogens is 739 g/mol. The molecule has 5 heterocycles. The van der Waals surface area contributed by atoms with Gasteiger partial charge >= 0.3 is 12.2 Å². The van der Waals surface area contributed by atoms with E-state index < -0.39 is 24.3 Å². The highest BCUT2D eigenvalue weighted by Gasteiger charge is 2.42. The van der Waals surface area contributed by atoms with Gasteiger partial charge in [0.1, 0.15) is 17.9 Å². The summed E-state index contributed by atoms with van der Waals surface area (Å²) in [5.41, 5.74) is 7.65. The number of carbonyl (C=O) groups excluding carboxylic acids is 4. The Morgan fingerprint density at radius 2 is 1.29 bits per heavy atom. The summed E-state index contributed by atoms with van der Waals surface area (Å²) in [5, 5.41) is 5.44. The lowest BCUT2D eigenvalue weighted by molar-refractivity contribution is -0.136. The number of aromatic nitrogens is 4. The highest BCUT2D eigenvalue weighted by molar-refractivity contribution is 6.01. The molecule has 3 aliphatic rings. The Hall–Kier alpha value is -5.86. The maximum Gasteiger partial charge on any atom is 0.407 e. The van der Waals surface area contributed by atoms with Crippen LogP contribution in [0, 0.1) is 23.7 Å². The average Bonchev–Trinajstić information content (AvgIpc) is 4.01. The number of alkyl carbamates (subject to hydrolysis) is 2. The van der Waals surface area contributed by atoms with Crippen LogP contribution < -0.4 is 10.6 Å². The van der Waals surface area contributed by atoms with Crippen molar-refractivity contribution in [2.75, 3.05) is 27.3 Å². The highest BCUT2D eigenvalue weighted by Crippen LogP contribution is 2.38. The number of carbonyl (C=O) groups is 4. The third-order valence-corrected chi connectivity index (χ3v) is 11.5. The van der Waals surface area contributed by atoms with E-state index in [-0.39, 0.29) is 41.7 Å². The minimum atomic E-state index is -0.717. The number of rotatable bonds is 10. The highest BCUT2D eigenvalue weighted by atomic mass is 16.5. The van der Waals surface area contributed by atoms with Crippen LogP contribution in [0.5, 0.6) is 0 Å². The van der Waals surface area contributed by atoms with Gasteiger partial charge in [-0.2, -0.15) is 0 Å². The molecule has 4 amide bonds. The number of imidazole rings is 1. The van der Waals surface area contributed by atoms with Gasteiger partial charge in [-0.05, 0) is 60.3 Å². The third kappa shape index (κ3) is 8.12. The largest absolute Gasteiger partial charge is 0.453 e. The maximum atomic E-state index is 13.8. The van der Waals surface area contributed by atoms with E-state index >= 15 is 0 Å². The van der Waals surface area contributed by atoms with E-state index in [0.29, 0.717) is 42.6 Å². The zero-order valence-electron chi connectivity index (χ0n) is 34.4. The van der Waals surface area contributed by atoms with Gasteiger partial charge < -0.3 is 34.9 Å². The first-order valence-corrected chi connectivity index (χ1v) is 20.1. The summed E-state index contributed by atoms with van der Waals surface area (Å²) in [5.74, 6) is 0.739. The lowest BCUT2D eigenvalue weighted by Gasteiger charge is -2.31. The molecule has 2 aromatic heterocycles. The van der Waals surface area contributed by atoms with E-state index in [2.05, 4.69) is 35.5 Å². The van der Waals surface area contributed by atoms with Crippen molar-refractivity contribution in [3.8, 4) is 22.5 Å². The molecule has 15 nitrogen and oxygen atoms in total. The topological polar surface area (TPSA) is 184 Å². The van der Waals surface area contributed by atoms with Crippen molar-refractivity contribution < 1.29 is 28.7 Å². The quantitative estimate of drug-likeness (QED) is 0.168. The van der Waals surface area contributed by atoms with Gasteiger partial charge in [0.05, 0.1) is 66.8 Å². The molecule has 4 aromatic rings. The van der Waals surface area contributed by atoms with E-state index in [4.69, 9.17) is 29.4 Å². The van der Waals surface area contributed by atoms with Gasteiger partial charge in [-0.1, -0.05) is 59.7 Å². The van der Waals surface area contributed by atoms with Crippen LogP contribution in [0.2, 0.25) is 0 Å². The van der Waals surface area contributed by atoms with E-state index in [1.807, 2.05) is 67.8 Å². The van der Waals surface area contributed by atoms with Gasteiger partial charge in [0, 0.05) is 36.3 Å². The zero-order valence-corrected chi connectivity index (χ0v) is 34.4. The smallest absolute Gasteiger partial charge is 0.407 e. The fourth-order valence-electron chi connectivity index (χ4n) is 8.44. The molecule has 306 valence electrons. The van der Waals surface area contributed by atoms with Crippen LogP contribution in [-0.2, 0) is 25.5 Å². The van der Waals surface area contributed by atoms with Crippen LogP contribution in [0.25, 0.3) is 33.5 Å². The van der Waals surface area contributed by atoms with Crippen molar-refractivity contribution in [3.05, 3.63) is 60.2 Å². The van der Waals surface area contributed by atoms with Crippen molar-refractivity contribution in [1.82, 2.24) is 40.4 Å². The molecule has 2 saturated heterocycles. The third-order valence-electron chi connectivity index (χ3n) is 11.5. The number of methoxy groups -OCH3 is 2. The number of H-pyrrole nitrogens is 1. The number of amides is 4. The molecule has 0 unspecified atom stereocenters. The predicted molar refractivity (Wildman–Crippen MR) is 219 cm³/mol. The normalized spacial score (nSPS) is 21.2. The van der Waals surface area contributed by atoms with Crippen molar-refractivity contribution >= 4 is 46.4 Å². The van der Waals surface area contributed by atoms with Crippen molar-refractivity contribution in [2.24, 2.45) is 28.7 Å². The van der Waals surface area contributed by atoms with E-state index in [1.54, 1.807) is 12.4 Å². The minimum Gasteiger partial charge on any atom is -0.453 e. The monoisotopic (exact) mass is 791 g/mol. The van der Waals surface area contributed by atoms with Gasteiger partial charge in [0.2, 0.25) is 11.8 Å². The number of fused-ring (bicyclic) bond motifs is 2. The van der Waals surface area contributed by atoms with Crippen LogP contribution in [0.4, 0.5) is 15.3 Å². The van der Waals surface area contributed by atoms with Crippen molar-refractivity contribution in [3.63, 3.8) is 0 Å². The summed E-state index contributed by atoms with van der Waals surface area (Å²) >= 11 is 0. The number of nitrogens with zero attached hydrogens (tertiary/aromatic N) is 6. The molecule has 15 heteroatoms. The standard InChI is InChI=1S/C43H53N9O6/c1-22(2)37(49-42(55)57-7)40(53)51-20-24(5)13-35(51)32-17-26-9-10-27(15-30(26)46-32)33-18-45-34(19-44-33)28-11-12-29-31(16-28)48-39(47-29)36-14-25(6)21-52(36)41(54)38(23(3)4)50-43(56)58-8/h9-12,15-16,18-19,22-25,35-38H,13-14,17,20-21H2,1-8H3,(H,47,48)(H,49,55)(H,50,56)/t24-,25-,35-,36-,37-,38-/m0/s1. The SMILES string of the molecule is COC(=O)N[C@H](C(=O)N1C[C@@H](C)C[C@H]1C1=Nc2cc(-c3cnc(-c4ccc5nc([C@@H]6C[C@H](C)CN6C(=O)[C@@H](NC(=O)OC)C(C)C)[nH]c5c4)cn3)ccc2C1)C(C)C. The Kier molecular flexibility index (Phi) is 11.5. The van der Waals surface area contributed by atoms with Crippen molar-refractivity contribution in [2.45, 2.75) is 85.0 Å². The van der Waals surface area contributed by atoms with E-state index in [9.17, 15) is 19.2 Å². The molecule has 6 atom stereocenters. The van der Waals surface area contributed by atoms with Gasteiger partial charge in [-0.3, -0.25) is 24.5 Å². The summed E-state index contributed by atoms with van der Waals surface area (Å²) in [6, 6.07) is 10.2. The molecule has 58 heavy (non-hydrogen) atoms. The summed E-state index contributed by atoms with van der Waals surface area (Å²) in [7, 11) is 2.58. The van der Waals surface area contributed by atoms with Crippen LogP contribution in [-0.4, -0.2) is 105 Å². The molecule has 0 aliphatic carbocycles. The number of benzene rings is 2. The second-order valence-corrected chi connectivity index (χ2v) is 16.7. The number of hydrogen-bond donors (Lipinski definition) is 3. The van der Waals surface area contributed by atoms with Gasteiger partial charge in [-0.25, -0.2) is 14.6 Å². The first-order chi connectivity index (χ1) is 27.7. The number of hydrogen-bond acceptors (Lipinski definition) is 10. The van der Waals surface area contributed by atoms with Crippen LogP contribution in [0.1, 0.15) is 71.8 Å². The first kappa shape index (κ1) is 40.3. The van der Waals surface area contributed by atoms with E-state index in [1.165, 1.54) is 14.2 Å². The van der Waals surface area contributed by atoms with Crippen molar-refractivity contribution in [1.29, 1.82) is 0 Å². The Balaban J connectivity index is 1.07. The number of aromatic amines is 1. The van der Waals surface area contributed by atoms with E-state index in [0.717, 1.165) is 52.0 Å². The summed E-state index contributed by atoms with van der Waals surface area (Å²) in [6.45, 7) is 13.0. The number of likely N-dealkylation sites (tertiary alicyclic amines) is 2. The van der Waals surface area contributed by atoms with Gasteiger partial charge in [-0.15, -0.1) is 0 Å². The molecular formula is C43H53N9O6. The predicted octanol–water partition coefficient (Wildman–Crippen LogP) is 6.22. The Morgan fingerprint density at radius 3 is 1.84 bits per heavy atom. The minimum absolute atomic E-state index is 0.111. The lowest BCUT2D eigenvalue weighted by atomic mass is 9.98. The number of aliphatic imine (C=N–C) groups is 1.